The minimum absolute atomic E-state index is 0.0381. The van der Waals surface area contributed by atoms with Crippen LogP contribution in [0.5, 0.6) is 0 Å². The van der Waals surface area contributed by atoms with Crippen LogP contribution in [0.25, 0.3) is 10.8 Å². The van der Waals surface area contributed by atoms with Gasteiger partial charge in [-0.3, -0.25) is 4.79 Å². The highest BCUT2D eigenvalue weighted by molar-refractivity contribution is 6.01. The Morgan fingerprint density at radius 1 is 1.23 bits per heavy atom. The minimum Gasteiger partial charge on any atom is -0.388 e. The third-order valence-corrected chi connectivity index (χ3v) is 5.03. The van der Waals surface area contributed by atoms with Crippen LogP contribution in [0.2, 0.25) is 0 Å². The number of fused-ring (bicyclic) bond motifs is 3. The zero-order chi connectivity index (χ0) is 15.1. The molecule has 4 rings (SSSR count). The van der Waals surface area contributed by atoms with Crippen LogP contribution in [0.4, 0.5) is 5.69 Å². The van der Waals surface area contributed by atoms with Gasteiger partial charge in [0, 0.05) is 41.8 Å². The molecule has 1 amide bonds. The Morgan fingerprint density at radius 2 is 2.14 bits per heavy atom. The molecule has 3 N–H and O–H groups in total. The lowest BCUT2D eigenvalue weighted by atomic mass is 9.95. The maximum atomic E-state index is 12.5. The molecule has 0 aromatic heterocycles. The van der Waals surface area contributed by atoms with E-state index >= 15 is 0 Å². The average Bonchev–Trinajstić information content (AvgIpc) is 3.16. The normalized spacial score (nSPS) is 26.3. The van der Waals surface area contributed by atoms with Gasteiger partial charge in [0.25, 0.3) is 5.91 Å². The van der Waals surface area contributed by atoms with E-state index in [0.29, 0.717) is 12.1 Å². The first-order valence-corrected chi connectivity index (χ1v) is 8.02. The van der Waals surface area contributed by atoms with Crippen LogP contribution in [0.3, 0.4) is 0 Å². The van der Waals surface area contributed by atoms with E-state index in [-0.39, 0.29) is 11.9 Å². The Kier molecular flexibility index (Phi) is 3.26. The van der Waals surface area contributed by atoms with Gasteiger partial charge in [0.2, 0.25) is 0 Å². The van der Waals surface area contributed by atoms with Crippen LogP contribution in [-0.2, 0) is 0 Å². The molecule has 2 aromatic rings. The van der Waals surface area contributed by atoms with Crippen molar-refractivity contribution in [1.29, 1.82) is 0 Å². The third-order valence-electron chi connectivity index (χ3n) is 5.03. The van der Waals surface area contributed by atoms with E-state index < -0.39 is 0 Å². The van der Waals surface area contributed by atoms with Gasteiger partial charge in [-0.15, -0.1) is 0 Å². The van der Waals surface area contributed by atoms with Crippen LogP contribution in [0.15, 0.2) is 36.4 Å². The molecule has 4 heteroatoms. The van der Waals surface area contributed by atoms with E-state index in [1.165, 1.54) is 12.8 Å². The number of rotatable bonds is 3. The number of anilines is 1. The number of benzene rings is 2. The van der Waals surface area contributed by atoms with Crippen molar-refractivity contribution < 1.29 is 4.79 Å². The Morgan fingerprint density at radius 3 is 2.86 bits per heavy atom. The standard InChI is InChI=1S/C18H21N3O/c1-19-15-4-2-3-11-9-12(5-7-14(11)15)18(22)21-17-10-13-6-8-16(17)20-13/h2-5,7,9,13,16-17,19-20H,6,8,10H2,1H3,(H,21,22)/t13-,16+,17-/m1/s1. The highest BCUT2D eigenvalue weighted by Crippen LogP contribution is 2.29. The second kappa shape index (κ2) is 5.29. The summed E-state index contributed by atoms with van der Waals surface area (Å²) in [4.78, 5) is 12.5. The van der Waals surface area contributed by atoms with Crippen molar-refractivity contribution in [2.45, 2.75) is 37.4 Å². The van der Waals surface area contributed by atoms with Crippen molar-refractivity contribution in [2.75, 3.05) is 12.4 Å². The minimum atomic E-state index is 0.0381. The van der Waals surface area contributed by atoms with Crippen LogP contribution >= 0.6 is 0 Å². The van der Waals surface area contributed by atoms with Gasteiger partial charge in [-0.2, -0.15) is 0 Å². The van der Waals surface area contributed by atoms with Crippen LogP contribution in [0.1, 0.15) is 29.6 Å². The molecule has 0 unspecified atom stereocenters. The molecule has 2 heterocycles. The lowest BCUT2D eigenvalue weighted by Gasteiger charge is -2.21. The Labute approximate surface area is 130 Å². The SMILES string of the molecule is CNc1cccc2cc(C(=O)N[C@@H]3C[C@H]4CC[C@@H]3N4)ccc12. The van der Waals surface area contributed by atoms with Crippen molar-refractivity contribution in [3.63, 3.8) is 0 Å². The lowest BCUT2D eigenvalue weighted by Crippen LogP contribution is -2.42. The highest BCUT2D eigenvalue weighted by atomic mass is 16.1. The second-order valence-corrected chi connectivity index (χ2v) is 6.35. The molecule has 114 valence electrons. The monoisotopic (exact) mass is 295 g/mol. The molecule has 2 aliphatic heterocycles. The van der Waals surface area contributed by atoms with E-state index in [1.54, 1.807) is 0 Å². The van der Waals surface area contributed by atoms with E-state index in [4.69, 9.17) is 0 Å². The van der Waals surface area contributed by atoms with E-state index in [0.717, 1.165) is 28.4 Å². The smallest absolute Gasteiger partial charge is 0.251 e. The first-order valence-electron chi connectivity index (χ1n) is 8.02. The number of hydrogen-bond acceptors (Lipinski definition) is 3. The van der Waals surface area contributed by atoms with Gasteiger partial charge in [0.1, 0.15) is 0 Å². The van der Waals surface area contributed by atoms with Crippen molar-refractivity contribution in [3.05, 3.63) is 42.0 Å². The fourth-order valence-corrected chi connectivity index (χ4v) is 3.88. The number of nitrogens with one attached hydrogen (secondary N) is 3. The molecule has 2 bridgehead atoms. The van der Waals surface area contributed by atoms with E-state index in [1.807, 2.05) is 43.4 Å². The fraction of sp³-hybridized carbons (Fsp3) is 0.389. The Balaban J connectivity index is 1.57. The Hall–Kier alpha value is -2.07. The summed E-state index contributed by atoms with van der Waals surface area (Å²) in [5.41, 5.74) is 1.82. The van der Waals surface area contributed by atoms with Crippen molar-refractivity contribution >= 4 is 22.4 Å². The van der Waals surface area contributed by atoms with Crippen LogP contribution < -0.4 is 16.0 Å². The summed E-state index contributed by atoms with van der Waals surface area (Å²) in [6.45, 7) is 0. The zero-order valence-corrected chi connectivity index (χ0v) is 12.7. The molecular weight excluding hydrogens is 274 g/mol. The Bertz CT molecular complexity index is 727. The summed E-state index contributed by atoms with van der Waals surface area (Å²) in [6.07, 6.45) is 3.49. The first kappa shape index (κ1) is 13.6. The number of amides is 1. The van der Waals surface area contributed by atoms with Gasteiger partial charge in [-0.25, -0.2) is 0 Å². The predicted octanol–water partition coefficient (Wildman–Crippen LogP) is 2.50. The van der Waals surface area contributed by atoms with Crippen LogP contribution in [-0.4, -0.2) is 31.1 Å². The molecule has 2 aliphatic rings. The lowest BCUT2D eigenvalue weighted by molar-refractivity contribution is 0.0931. The molecule has 2 fully saturated rings. The molecule has 0 aliphatic carbocycles. The molecule has 0 spiro atoms. The molecule has 22 heavy (non-hydrogen) atoms. The van der Waals surface area contributed by atoms with Gasteiger partial charge >= 0.3 is 0 Å². The number of hydrogen-bond donors (Lipinski definition) is 3. The summed E-state index contributed by atoms with van der Waals surface area (Å²) in [5.74, 6) is 0.0381. The van der Waals surface area contributed by atoms with Crippen LogP contribution in [0, 0.1) is 0 Å². The summed E-state index contributed by atoms with van der Waals surface area (Å²) >= 11 is 0. The van der Waals surface area contributed by atoms with Gasteiger partial charge in [0.15, 0.2) is 0 Å². The van der Waals surface area contributed by atoms with Gasteiger partial charge in [0.05, 0.1) is 0 Å². The third kappa shape index (κ3) is 2.24. The highest BCUT2D eigenvalue weighted by Gasteiger charge is 2.39. The molecule has 0 saturated carbocycles. The summed E-state index contributed by atoms with van der Waals surface area (Å²) in [5, 5.41) is 12.2. The summed E-state index contributed by atoms with van der Waals surface area (Å²) < 4.78 is 0. The van der Waals surface area contributed by atoms with Crippen molar-refractivity contribution in [2.24, 2.45) is 0 Å². The molecule has 2 saturated heterocycles. The average molecular weight is 295 g/mol. The number of carbonyl (C=O) groups is 1. The maximum absolute atomic E-state index is 12.5. The predicted molar refractivity (Wildman–Crippen MR) is 89.3 cm³/mol. The van der Waals surface area contributed by atoms with Gasteiger partial charge in [-0.05, 0) is 42.8 Å². The van der Waals surface area contributed by atoms with Crippen molar-refractivity contribution in [3.8, 4) is 0 Å². The fourth-order valence-electron chi connectivity index (χ4n) is 3.88. The molecule has 4 nitrogen and oxygen atoms in total. The van der Waals surface area contributed by atoms with E-state index in [9.17, 15) is 4.79 Å². The van der Waals surface area contributed by atoms with Gasteiger partial charge in [-0.1, -0.05) is 18.2 Å². The summed E-state index contributed by atoms with van der Waals surface area (Å²) in [6, 6.07) is 13.4. The number of carbonyl (C=O) groups excluding carboxylic acids is 1. The molecular formula is C18H21N3O. The molecule has 2 aromatic carbocycles. The second-order valence-electron chi connectivity index (χ2n) is 6.35. The van der Waals surface area contributed by atoms with Gasteiger partial charge < -0.3 is 16.0 Å². The summed E-state index contributed by atoms with van der Waals surface area (Å²) in [7, 11) is 1.91. The van der Waals surface area contributed by atoms with Crippen molar-refractivity contribution in [1.82, 2.24) is 10.6 Å². The van der Waals surface area contributed by atoms with E-state index in [2.05, 4.69) is 16.0 Å². The maximum Gasteiger partial charge on any atom is 0.251 e. The largest absolute Gasteiger partial charge is 0.388 e. The molecule has 3 atom stereocenters. The topological polar surface area (TPSA) is 53.2 Å². The first-order chi connectivity index (χ1) is 10.7. The zero-order valence-electron chi connectivity index (χ0n) is 12.7. The molecule has 0 radical (unpaired) electrons. The quantitative estimate of drug-likeness (QED) is 0.815.